The molecule has 0 aliphatic carbocycles. The molecule has 2 aliphatic rings. The number of nitrogens with zero attached hydrogens (tertiary/aromatic N) is 1. The minimum absolute atomic E-state index is 0.130. The first-order valence-electron chi connectivity index (χ1n) is 5.40. The third-order valence-electron chi connectivity index (χ3n) is 3.32. The molecular weight excluding hydrogens is 260 g/mol. The van der Waals surface area contributed by atoms with E-state index in [1.54, 1.807) is 6.92 Å². The number of ether oxygens (including phenoxy) is 1. The SMILES string of the molecule is COC(=O)C1(C)CN2C(=O)C(NC=O)[C@H]2[S+]([O-])C1. The minimum Gasteiger partial charge on any atom is -0.615 e. The van der Waals surface area contributed by atoms with Crippen molar-refractivity contribution in [2.45, 2.75) is 18.3 Å². The summed E-state index contributed by atoms with van der Waals surface area (Å²) in [5.74, 6) is -0.658. The Morgan fingerprint density at radius 2 is 2.39 bits per heavy atom. The quantitative estimate of drug-likeness (QED) is 0.284. The van der Waals surface area contributed by atoms with Gasteiger partial charge in [0, 0.05) is 6.54 Å². The number of hydrogen-bond donors (Lipinski definition) is 1. The van der Waals surface area contributed by atoms with Gasteiger partial charge in [-0.3, -0.25) is 19.3 Å². The Morgan fingerprint density at radius 1 is 1.72 bits per heavy atom. The highest BCUT2D eigenvalue weighted by molar-refractivity contribution is 7.92. The van der Waals surface area contributed by atoms with Crippen LogP contribution in [0.1, 0.15) is 6.92 Å². The zero-order chi connectivity index (χ0) is 13.5. The van der Waals surface area contributed by atoms with E-state index < -0.39 is 34.0 Å². The van der Waals surface area contributed by atoms with E-state index >= 15 is 0 Å². The largest absolute Gasteiger partial charge is 0.615 e. The van der Waals surface area contributed by atoms with Crippen molar-refractivity contribution in [2.24, 2.45) is 5.41 Å². The molecule has 0 spiro atoms. The van der Waals surface area contributed by atoms with Crippen molar-refractivity contribution in [1.29, 1.82) is 0 Å². The van der Waals surface area contributed by atoms with Crippen LogP contribution in [-0.2, 0) is 30.3 Å². The minimum atomic E-state index is -1.39. The molecule has 2 fully saturated rings. The first-order chi connectivity index (χ1) is 8.44. The van der Waals surface area contributed by atoms with Crippen LogP contribution >= 0.6 is 0 Å². The van der Waals surface area contributed by atoms with Gasteiger partial charge >= 0.3 is 5.97 Å². The fraction of sp³-hybridized carbons (Fsp3) is 0.700. The maximum Gasteiger partial charge on any atom is 0.318 e. The molecule has 4 atom stereocenters. The van der Waals surface area contributed by atoms with Gasteiger partial charge in [-0.15, -0.1) is 0 Å². The first-order valence-corrected chi connectivity index (χ1v) is 6.78. The Labute approximate surface area is 107 Å². The van der Waals surface area contributed by atoms with E-state index in [0.717, 1.165) is 0 Å². The van der Waals surface area contributed by atoms with Crippen molar-refractivity contribution < 1.29 is 23.7 Å². The highest BCUT2D eigenvalue weighted by Crippen LogP contribution is 2.38. The topological polar surface area (TPSA) is 98.8 Å². The fourth-order valence-corrected chi connectivity index (χ4v) is 4.37. The van der Waals surface area contributed by atoms with Crippen molar-refractivity contribution >= 4 is 29.5 Å². The third-order valence-corrected chi connectivity index (χ3v) is 5.30. The van der Waals surface area contributed by atoms with Gasteiger partial charge in [0.25, 0.3) is 5.91 Å². The first kappa shape index (κ1) is 13.2. The maximum atomic E-state index is 12.1. The van der Waals surface area contributed by atoms with E-state index in [2.05, 4.69) is 10.1 Å². The molecule has 0 aromatic carbocycles. The van der Waals surface area contributed by atoms with Crippen LogP contribution in [0.25, 0.3) is 0 Å². The summed E-state index contributed by atoms with van der Waals surface area (Å²) >= 11 is -1.39. The van der Waals surface area contributed by atoms with Gasteiger partial charge in [0.15, 0.2) is 6.04 Å². The summed E-state index contributed by atoms with van der Waals surface area (Å²) in [7, 11) is 1.26. The molecule has 2 heterocycles. The summed E-state index contributed by atoms with van der Waals surface area (Å²) in [5, 5.41) is 1.82. The lowest BCUT2D eigenvalue weighted by Crippen LogP contribution is -2.77. The molecule has 1 N–H and O–H groups in total. The van der Waals surface area contributed by atoms with E-state index in [4.69, 9.17) is 0 Å². The number of carbonyl (C=O) groups excluding carboxylic acids is 3. The number of rotatable bonds is 3. The molecule has 0 aromatic heterocycles. The van der Waals surface area contributed by atoms with E-state index in [1.807, 2.05) is 0 Å². The van der Waals surface area contributed by atoms with E-state index in [9.17, 15) is 18.9 Å². The molecule has 0 saturated carbocycles. The molecule has 7 nitrogen and oxygen atoms in total. The Kier molecular flexibility index (Phi) is 3.24. The predicted molar refractivity (Wildman–Crippen MR) is 61.6 cm³/mol. The Hall–Kier alpha value is -1.28. The van der Waals surface area contributed by atoms with Crippen molar-refractivity contribution in [3.05, 3.63) is 0 Å². The van der Waals surface area contributed by atoms with Gasteiger partial charge in [-0.05, 0) is 18.1 Å². The Morgan fingerprint density at radius 3 is 2.94 bits per heavy atom. The smallest absolute Gasteiger partial charge is 0.318 e. The van der Waals surface area contributed by atoms with Crippen LogP contribution in [0.2, 0.25) is 0 Å². The number of methoxy groups -OCH3 is 1. The van der Waals surface area contributed by atoms with Crippen molar-refractivity contribution in [3.63, 3.8) is 0 Å². The number of fused-ring (bicyclic) bond motifs is 1. The van der Waals surface area contributed by atoms with Gasteiger partial charge in [-0.1, -0.05) is 0 Å². The van der Waals surface area contributed by atoms with Crippen LogP contribution in [0.3, 0.4) is 0 Å². The van der Waals surface area contributed by atoms with Crippen LogP contribution in [0.4, 0.5) is 0 Å². The number of esters is 1. The van der Waals surface area contributed by atoms with Crippen LogP contribution < -0.4 is 5.32 Å². The summed E-state index contributed by atoms with van der Waals surface area (Å²) in [6, 6.07) is -0.731. The molecule has 3 unspecified atom stereocenters. The fourth-order valence-electron chi connectivity index (χ4n) is 2.40. The molecule has 8 heteroatoms. The van der Waals surface area contributed by atoms with Crippen molar-refractivity contribution in [2.75, 3.05) is 19.4 Å². The number of carbonyl (C=O) groups is 3. The molecular formula is C10H14N2O5S. The van der Waals surface area contributed by atoms with Crippen LogP contribution in [0.15, 0.2) is 0 Å². The third kappa shape index (κ3) is 1.76. The van der Waals surface area contributed by atoms with Crippen LogP contribution in [0, 0.1) is 5.41 Å². The van der Waals surface area contributed by atoms with Crippen molar-refractivity contribution in [3.8, 4) is 0 Å². The average Bonchev–Trinajstić information content (AvgIpc) is 2.34. The molecule has 100 valence electrons. The summed E-state index contributed by atoms with van der Waals surface area (Å²) in [5.41, 5.74) is -0.947. The molecule has 0 aromatic rings. The van der Waals surface area contributed by atoms with E-state index in [0.29, 0.717) is 6.41 Å². The van der Waals surface area contributed by atoms with Gasteiger partial charge in [0.1, 0.15) is 11.2 Å². The number of hydrogen-bond acceptors (Lipinski definition) is 5. The molecule has 18 heavy (non-hydrogen) atoms. The standard InChI is InChI=1S/C10H14N2O5S/c1-10(9(15)17-2)3-12-7(14)6(11-5-13)8(12)18(16)4-10/h5-6,8H,3-4H2,1-2H3,(H,11,13)/t6?,8-,10?,18?/m1/s1. The van der Waals surface area contributed by atoms with Gasteiger partial charge in [0.2, 0.25) is 11.8 Å². The summed E-state index contributed by atoms with van der Waals surface area (Å²) in [6.45, 7) is 1.80. The zero-order valence-electron chi connectivity index (χ0n) is 10.0. The molecule has 2 amide bonds. The average molecular weight is 274 g/mol. The second-order valence-electron chi connectivity index (χ2n) is 4.70. The maximum absolute atomic E-state index is 12.1. The Bertz CT molecular complexity index is 404. The second-order valence-corrected chi connectivity index (χ2v) is 6.23. The molecule has 0 radical (unpaired) electrons. The summed E-state index contributed by atoms with van der Waals surface area (Å²) < 4.78 is 16.8. The number of β-lactam (4-membered cyclic amide) rings is 1. The van der Waals surface area contributed by atoms with Gasteiger partial charge in [-0.2, -0.15) is 0 Å². The highest BCUT2D eigenvalue weighted by Gasteiger charge is 2.62. The van der Waals surface area contributed by atoms with Crippen LogP contribution in [-0.4, -0.2) is 58.6 Å². The molecule has 2 saturated heterocycles. The lowest BCUT2D eigenvalue weighted by atomic mass is 9.89. The van der Waals surface area contributed by atoms with Crippen molar-refractivity contribution in [1.82, 2.24) is 10.2 Å². The Balaban J connectivity index is 2.16. The second kappa shape index (κ2) is 4.43. The lowest BCUT2D eigenvalue weighted by molar-refractivity contribution is -0.160. The van der Waals surface area contributed by atoms with E-state index in [-0.39, 0.29) is 18.2 Å². The van der Waals surface area contributed by atoms with Gasteiger partial charge in [0.05, 0.1) is 7.11 Å². The zero-order valence-corrected chi connectivity index (χ0v) is 10.9. The number of amides is 2. The van der Waals surface area contributed by atoms with Crippen LogP contribution in [0.5, 0.6) is 0 Å². The predicted octanol–water partition coefficient (Wildman–Crippen LogP) is -1.79. The highest BCUT2D eigenvalue weighted by atomic mass is 32.2. The lowest BCUT2D eigenvalue weighted by Gasteiger charge is -2.52. The molecule has 2 aliphatic heterocycles. The normalized spacial score (nSPS) is 38.5. The summed E-state index contributed by atoms with van der Waals surface area (Å²) in [4.78, 5) is 35.1. The number of nitrogens with one attached hydrogen (secondary N) is 1. The summed E-state index contributed by atoms with van der Waals surface area (Å²) in [6.07, 6.45) is 0.422. The molecule has 2 rings (SSSR count). The van der Waals surface area contributed by atoms with Gasteiger partial charge < -0.3 is 14.6 Å². The molecule has 0 bridgehead atoms. The van der Waals surface area contributed by atoms with Gasteiger partial charge in [-0.25, -0.2) is 0 Å². The van der Waals surface area contributed by atoms with E-state index in [1.165, 1.54) is 12.0 Å². The monoisotopic (exact) mass is 274 g/mol.